The molecule has 8 nitrogen and oxygen atoms in total. The van der Waals surface area contributed by atoms with Crippen LogP contribution in [0.1, 0.15) is 22.6 Å². The van der Waals surface area contributed by atoms with Crippen molar-refractivity contribution in [1.29, 1.82) is 0 Å². The number of rotatable bonds is 5. The quantitative estimate of drug-likeness (QED) is 0.294. The summed E-state index contributed by atoms with van der Waals surface area (Å²) in [5.41, 5.74) is 9.44. The Balaban J connectivity index is 2.17. The number of H-pyrrole nitrogens is 2. The van der Waals surface area contributed by atoms with Crippen LogP contribution in [0.25, 0.3) is 22.2 Å². The Kier molecular flexibility index (Phi) is 5.38. The van der Waals surface area contributed by atoms with Crippen molar-refractivity contribution < 1.29 is 18.4 Å². The molecule has 1 unspecified atom stereocenters. The Hall–Kier alpha value is -4.18. The molecular weight excluding hydrogens is 432 g/mol. The van der Waals surface area contributed by atoms with E-state index >= 15 is 0 Å². The molecule has 0 spiro atoms. The second-order valence-corrected chi connectivity index (χ2v) is 7.54. The number of hydrogen-bond acceptors (Lipinski definition) is 6. The molecule has 0 saturated carbocycles. The molecule has 4 aromatic rings. The summed E-state index contributed by atoms with van der Waals surface area (Å²) in [6.07, 6.45) is 3.69. The van der Waals surface area contributed by atoms with E-state index in [1.807, 2.05) is 0 Å². The van der Waals surface area contributed by atoms with Gasteiger partial charge in [0.15, 0.2) is 5.60 Å². The average Bonchev–Trinajstić information content (AvgIpc) is 3.31. The zero-order chi connectivity index (χ0) is 23.9. The monoisotopic (exact) mass is 453 g/mol. The fourth-order valence-corrected chi connectivity index (χ4v) is 4.03. The van der Waals surface area contributed by atoms with Gasteiger partial charge in [0.05, 0.1) is 22.3 Å². The van der Waals surface area contributed by atoms with Gasteiger partial charge in [0.25, 0.3) is 0 Å². The van der Waals surface area contributed by atoms with Crippen LogP contribution in [0.15, 0.2) is 63.7 Å². The lowest BCUT2D eigenvalue weighted by atomic mass is 9.80. The minimum absolute atomic E-state index is 0.0588. The van der Waals surface area contributed by atoms with E-state index in [0.29, 0.717) is 22.6 Å². The predicted octanol–water partition coefficient (Wildman–Crippen LogP) is 2.96. The third kappa shape index (κ3) is 3.50. The largest absolute Gasteiger partial charge is 0.405 e. The number of aromatic amines is 2. The molecule has 1 atom stereocenters. The fourth-order valence-electron chi connectivity index (χ4n) is 4.03. The van der Waals surface area contributed by atoms with E-state index in [1.165, 1.54) is 24.3 Å². The zero-order valence-electron chi connectivity index (χ0n) is 17.7. The van der Waals surface area contributed by atoms with Crippen molar-refractivity contribution >= 4 is 11.0 Å². The van der Waals surface area contributed by atoms with Crippen LogP contribution < -0.4 is 17.2 Å². The lowest BCUT2D eigenvalue weighted by Gasteiger charge is -2.31. The van der Waals surface area contributed by atoms with Gasteiger partial charge in [0.2, 0.25) is 0 Å². The molecule has 7 N–H and O–H groups in total. The van der Waals surface area contributed by atoms with Crippen LogP contribution >= 0.6 is 0 Å². The number of nitrogens with two attached hydrogens (primary N) is 2. The third-order valence-corrected chi connectivity index (χ3v) is 5.47. The van der Waals surface area contributed by atoms with Gasteiger partial charge in [-0.1, -0.05) is 11.2 Å². The summed E-state index contributed by atoms with van der Waals surface area (Å²) in [4.78, 5) is 17.4. The van der Waals surface area contributed by atoms with Gasteiger partial charge in [-0.2, -0.15) is 0 Å². The van der Waals surface area contributed by atoms with Gasteiger partial charge in [-0.15, -0.1) is 0 Å². The van der Waals surface area contributed by atoms with Crippen molar-refractivity contribution in [1.82, 2.24) is 15.1 Å². The number of aliphatic hydroxyl groups is 1. The van der Waals surface area contributed by atoms with Crippen LogP contribution in [0.5, 0.6) is 0 Å². The maximum Gasteiger partial charge on any atom is 0.323 e. The first-order chi connectivity index (χ1) is 15.7. The predicted molar refractivity (Wildman–Crippen MR) is 119 cm³/mol. The highest BCUT2D eigenvalue weighted by Gasteiger charge is 2.42. The van der Waals surface area contributed by atoms with Gasteiger partial charge >= 0.3 is 5.69 Å². The van der Waals surface area contributed by atoms with E-state index in [-0.39, 0.29) is 22.3 Å². The molecule has 0 bridgehead atoms. The van der Waals surface area contributed by atoms with Gasteiger partial charge in [0, 0.05) is 16.8 Å². The molecule has 2 aromatic carbocycles. The summed E-state index contributed by atoms with van der Waals surface area (Å²) >= 11 is 0. The second kappa shape index (κ2) is 8.06. The number of nitrogens with one attached hydrogen (secondary N) is 2. The van der Waals surface area contributed by atoms with Gasteiger partial charge < -0.3 is 31.1 Å². The molecule has 33 heavy (non-hydrogen) atoms. The Morgan fingerprint density at radius 1 is 1.21 bits per heavy atom. The molecular formula is C23H21F2N5O3. The summed E-state index contributed by atoms with van der Waals surface area (Å²) in [6.45, 7) is 3.42. The Morgan fingerprint density at radius 2 is 1.91 bits per heavy atom. The van der Waals surface area contributed by atoms with Crippen molar-refractivity contribution in [3.63, 3.8) is 0 Å². The summed E-state index contributed by atoms with van der Waals surface area (Å²) in [6, 6.07) is 6.30. The average molecular weight is 453 g/mol. The first-order valence-electron chi connectivity index (χ1n) is 9.89. The van der Waals surface area contributed by atoms with Crippen LogP contribution in [-0.2, 0) is 5.60 Å². The lowest BCUT2D eigenvalue weighted by Crippen LogP contribution is -2.36. The van der Waals surface area contributed by atoms with Gasteiger partial charge in [-0.3, -0.25) is 0 Å². The highest BCUT2D eigenvalue weighted by molar-refractivity contribution is 5.87. The highest BCUT2D eigenvalue weighted by atomic mass is 19.1. The minimum atomic E-state index is -2.52. The Morgan fingerprint density at radius 3 is 2.52 bits per heavy atom. The number of aryl methyl sites for hydroxylation is 2. The number of hydrogen-bond donors (Lipinski definition) is 5. The number of aromatic nitrogens is 3. The molecule has 2 aromatic heterocycles. The lowest BCUT2D eigenvalue weighted by molar-refractivity contribution is 0.111. The molecule has 10 heteroatoms. The summed E-state index contributed by atoms with van der Waals surface area (Å²) in [5, 5.41) is 15.9. The zero-order valence-corrected chi connectivity index (χ0v) is 17.7. The van der Waals surface area contributed by atoms with E-state index in [0.717, 1.165) is 18.3 Å². The van der Waals surface area contributed by atoms with Crippen LogP contribution in [-0.4, -0.2) is 20.2 Å². The van der Waals surface area contributed by atoms with Gasteiger partial charge in [-0.25, -0.2) is 13.6 Å². The smallest absolute Gasteiger partial charge is 0.323 e. The van der Waals surface area contributed by atoms with E-state index in [2.05, 4.69) is 15.1 Å². The van der Waals surface area contributed by atoms with Gasteiger partial charge in [0.1, 0.15) is 17.4 Å². The van der Waals surface area contributed by atoms with Crippen molar-refractivity contribution in [2.45, 2.75) is 19.4 Å². The number of allylic oxidation sites excluding steroid dienone is 2. The molecule has 0 amide bonds. The van der Waals surface area contributed by atoms with E-state index < -0.39 is 28.5 Å². The first kappa shape index (κ1) is 22.0. The minimum Gasteiger partial charge on any atom is -0.405 e. The fraction of sp³-hybridized carbons (Fsp3) is 0.130. The molecule has 0 saturated heterocycles. The summed E-state index contributed by atoms with van der Waals surface area (Å²) in [5.74, 6) is -1.58. The highest BCUT2D eigenvalue weighted by Crippen LogP contribution is 2.42. The molecule has 0 radical (unpaired) electrons. The standard InChI is InChI=1S/C23H21F2N5O3/c1-11-19(12(2)33-30-11)13-9-14(21-17(10-13)28-22(31)29-21)23(32,18(27)7-4-8-26)20-15(24)5-3-6-16(20)25/h3-10,32H,26-27H2,1-2H3,(H2,28,29,31)/b8-4-,18-7-. The van der Waals surface area contributed by atoms with Crippen LogP contribution in [0.3, 0.4) is 0 Å². The topological polar surface area (TPSA) is 147 Å². The molecule has 0 fully saturated rings. The van der Waals surface area contributed by atoms with Crippen LogP contribution in [0, 0.1) is 25.5 Å². The maximum atomic E-state index is 15.0. The molecule has 0 aliphatic rings. The van der Waals surface area contributed by atoms with Crippen molar-refractivity contribution in [2.24, 2.45) is 11.5 Å². The molecule has 0 aliphatic carbocycles. The molecule has 4 rings (SSSR count). The van der Waals surface area contributed by atoms with Crippen molar-refractivity contribution in [3.8, 4) is 11.1 Å². The van der Waals surface area contributed by atoms with Crippen molar-refractivity contribution in [2.75, 3.05) is 0 Å². The van der Waals surface area contributed by atoms with E-state index in [9.17, 15) is 18.7 Å². The van der Waals surface area contributed by atoms with E-state index in [1.54, 1.807) is 19.9 Å². The maximum absolute atomic E-state index is 15.0. The number of nitrogens with zero attached hydrogens (tertiary/aromatic N) is 1. The summed E-state index contributed by atoms with van der Waals surface area (Å²) < 4.78 is 35.2. The molecule has 0 aliphatic heterocycles. The number of imidazole rings is 1. The SMILES string of the molecule is Cc1noc(C)c1-c1cc(C(O)(/C(N)=C/C=C\N)c2c(F)cccc2F)c2[nH]c(=O)[nH]c2c1. The normalized spacial score (nSPS) is 14.3. The van der Waals surface area contributed by atoms with Gasteiger partial charge in [-0.05, 0) is 62.0 Å². The van der Waals surface area contributed by atoms with Crippen molar-refractivity contribution in [3.05, 3.63) is 99.1 Å². The Labute approximate surface area is 186 Å². The number of fused-ring (bicyclic) bond motifs is 1. The second-order valence-electron chi connectivity index (χ2n) is 7.54. The third-order valence-electron chi connectivity index (χ3n) is 5.47. The van der Waals surface area contributed by atoms with Crippen LogP contribution in [0.4, 0.5) is 8.78 Å². The summed E-state index contributed by atoms with van der Waals surface area (Å²) in [7, 11) is 0. The first-order valence-corrected chi connectivity index (χ1v) is 9.89. The van der Waals surface area contributed by atoms with E-state index in [4.69, 9.17) is 16.0 Å². The Bertz CT molecular complexity index is 1440. The number of halogens is 2. The molecule has 2 heterocycles. The number of benzene rings is 2. The molecule has 170 valence electrons. The van der Waals surface area contributed by atoms with Crippen LogP contribution in [0.2, 0.25) is 0 Å².